The van der Waals surface area contributed by atoms with Gasteiger partial charge in [0.2, 0.25) is 0 Å². The van der Waals surface area contributed by atoms with E-state index in [2.05, 4.69) is 19.6 Å². The van der Waals surface area contributed by atoms with Crippen LogP contribution in [0.25, 0.3) is 0 Å². The fourth-order valence-corrected chi connectivity index (χ4v) is 2.55. The first-order valence-electron chi connectivity index (χ1n) is 5.82. The van der Waals surface area contributed by atoms with E-state index in [0.717, 1.165) is 32.0 Å². The van der Waals surface area contributed by atoms with Crippen LogP contribution in [-0.4, -0.2) is 26.6 Å². The smallest absolute Gasteiger partial charge is 0.184 e. The molecular formula is C12H22O3Si. The van der Waals surface area contributed by atoms with Crippen molar-refractivity contribution in [1.29, 1.82) is 0 Å². The molecule has 0 amide bonds. The van der Waals surface area contributed by atoms with Gasteiger partial charge in [0.05, 0.1) is 6.10 Å². The van der Waals surface area contributed by atoms with E-state index in [4.69, 9.17) is 4.43 Å². The van der Waals surface area contributed by atoms with Crippen LogP contribution < -0.4 is 0 Å². The summed E-state index contributed by atoms with van der Waals surface area (Å²) < 4.78 is 5.84. The maximum atomic E-state index is 10.3. The summed E-state index contributed by atoms with van der Waals surface area (Å²) in [6.07, 6.45) is 6.72. The highest BCUT2D eigenvalue weighted by Crippen LogP contribution is 2.14. The molecule has 0 fully saturated rings. The zero-order chi connectivity index (χ0) is 12.4. The Labute approximate surface area is 99.0 Å². The lowest BCUT2D eigenvalue weighted by Crippen LogP contribution is -2.31. The average molecular weight is 242 g/mol. The molecule has 0 aromatic rings. The Kier molecular flexibility index (Phi) is 8.08. The summed E-state index contributed by atoms with van der Waals surface area (Å²) in [4.78, 5) is 20.5. The van der Waals surface area contributed by atoms with Gasteiger partial charge in [-0.2, -0.15) is 0 Å². The van der Waals surface area contributed by atoms with Crippen LogP contribution in [0.5, 0.6) is 0 Å². The third kappa shape index (κ3) is 9.84. The number of hydrogen-bond donors (Lipinski definition) is 0. The standard InChI is InChI=1S/C12H22O3Si/c1-16(2,3)15-12(9-11-14)8-6-4-5-7-10-13/h9-10,12H,4-8H2,1-3H3. The van der Waals surface area contributed by atoms with Gasteiger partial charge >= 0.3 is 0 Å². The van der Waals surface area contributed by atoms with Gasteiger partial charge < -0.3 is 9.22 Å². The monoisotopic (exact) mass is 242 g/mol. The zero-order valence-corrected chi connectivity index (χ0v) is 11.5. The number of rotatable bonds is 9. The van der Waals surface area contributed by atoms with Crippen LogP contribution in [0.3, 0.4) is 0 Å². The average Bonchev–Trinajstić information content (AvgIpc) is 2.15. The predicted octanol–water partition coefficient (Wildman–Crippen LogP) is 2.74. The van der Waals surface area contributed by atoms with Gasteiger partial charge in [-0.1, -0.05) is 12.8 Å². The molecule has 92 valence electrons. The molecule has 0 aromatic heterocycles. The molecule has 0 saturated carbocycles. The second-order valence-corrected chi connectivity index (χ2v) is 9.32. The normalized spacial score (nSPS) is 12.9. The first kappa shape index (κ1) is 15.3. The van der Waals surface area contributed by atoms with Crippen LogP contribution >= 0.6 is 0 Å². The van der Waals surface area contributed by atoms with Crippen molar-refractivity contribution in [3.05, 3.63) is 6.08 Å². The molecule has 0 rings (SSSR count). The molecule has 0 aliphatic carbocycles. The van der Waals surface area contributed by atoms with Gasteiger partial charge in [0.25, 0.3) is 0 Å². The molecule has 1 unspecified atom stereocenters. The third-order valence-corrected chi connectivity index (χ3v) is 3.08. The maximum Gasteiger partial charge on any atom is 0.184 e. The van der Waals surface area contributed by atoms with Crippen LogP contribution in [0.4, 0.5) is 0 Å². The minimum Gasteiger partial charge on any atom is -0.411 e. The van der Waals surface area contributed by atoms with Crippen molar-refractivity contribution in [2.75, 3.05) is 0 Å². The lowest BCUT2D eigenvalue weighted by atomic mass is 10.1. The SMILES string of the molecule is C[Si](C)(C)OC(C=C=O)CCCCCC=O. The van der Waals surface area contributed by atoms with Crippen LogP contribution in [0.2, 0.25) is 19.6 Å². The molecule has 1 atom stereocenters. The fourth-order valence-electron chi connectivity index (χ4n) is 1.46. The Morgan fingerprint density at radius 3 is 2.44 bits per heavy atom. The quantitative estimate of drug-likeness (QED) is 0.270. The van der Waals surface area contributed by atoms with E-state index >= 15 is 0 Å². The second-order valence-electron chi connectivity index (χ2n) is 4.86. The lowest BCUT2D eigenvalue weighted by molar-refractivity contribution is -0.107. The highest BCUT2D eigenvalue weighted by Gasteiger charge is 2.19. The van der Waals surface area contributed by atoms with Crippen LogP contribution in [0, 0.1) is 0 Å². The van der Waals surface area contributed by atoms with Gasteiger partial charge in [-0.05, 0) is 32.5 Å². The summed E-state index contributed by atoms with van der Waals surface area (Å²) in [5.74, 6) is 1.81. The molecule has 16 heavy (non-hydrogen) atoms. The summed E-state index contributed by atoms with van der Waals surface area (Å²) in [6, 6.07) is 0. The largest absolute Gasteiger partial charge is 0.411 e. The Morgan fingerprint density at radius 1 is 1.25 bits per heavy atom. The van der Waals surface area contributed by atoms with E-state index in [0.29, 0.717) is 6.42 Å². The Hall–Kier alpha value is -0.703. The van der Waals surface area contributed by atoms with Crippen molar-refractivity contribution in [1.82, 2.24) is 0 Å². The topological polar surface area (TPSA) is 43.4 Å². The van der Waals surface area contributed by atoms with Crippen molar-refractivity contribution in [2.24, 2.45) is 0 Å². The number of unbranched alkanes of at least 4 members (excludes halogenated alkanes) is 3. The van der Waals surface area contributed by atoms with Gasteiger partial charge in [0, 0.05) is 12.5 Å². The van der Waals surface area contributed by atoms with E-state index < -0.39 is 8.32 Å². The lowest BCUT2D eigenvalue weighted by Gasteiger charge is -2.23. The van der Waals surface area contributed by atoms with E-state index in [1.54, 1.807) is 0 Å². The first-order valence-corrected chi connectivity index (χ1v) is 9.23. The minimum atomic E-state index is -1.60. The molecule has 0 heterocycles. The third-order valence-electron chi connectivity index (χ3n) is 2.07. The highest BCUT2D eigenvalue weighted by atomic mass is 28.4. The summed E-state index contributed by atoms with van der Waals surface area (Å²) in [7, 11) is -1.60. The van der Waals surface area contributed by atoms with E-state index in [9.17, 15) is 9.59 Å². The number of hydrogen-bond acceptors (Lipinski definition) is 3. The molecule has 0 radical (unpaired) electrons. The summed E-state index contributed by atoms with van der Waals surface area (Å²) in [5.41, 5.74) is 0. The minimum absolute atomic E-state index is 0.0969. The van der Waals surface area contributed by atoms with Gasteiger partial charge in [0.1, 0.15) is 12.2 Å². The van der Waals surface area contributed by atoms with Crippen molar-refractivity contribution in [3.63, 3.8) is 0 Å². The molecule has 0 aliphatic heterocycles. The molecule has 0 bridgehead atoms. The Bertz CT molecular complexity index is 239. The van der Waals surface area contributed by atoms with Gasteiger partial charge in [-0.15, -0.1) is 0 Å². The molecule has 0 spiro atoms. The van der Waals surface area contributed by atoms with E-state index in [-0.39, 0.29) is 6.10 Å². The van der Waals surface area contributed by atoms with Gasteiger partial charge in [-0.3, -0.25) is 0 Å². The van der Waals surface area contributed by atoms with Crippen molar-refractivity contribution < 1.29 is 14.0 Å². The number of aldehydes is 1. The zero-order valence-electron chi connectivity index (χ0n) is 10.5. The van der Waals surface area contributed by atoms with Gasteiger partial charge in [-0.25, -0.2) is 4.79 Å². The molecule has 0 N–H and O–H groups in total. The van der Waals surface area contributed by atoms with Crippen LogP contribution in [-0.2, 0) is 14.0 Å². The van der Waals surface area contributed by atoms with Crippen LogP contribution in [0.15, 0.2) is 6.08 Å². The molecular weight excluding hydrogens is 220 g/mol. The van der Waals surface area contributed by atoms with Crippen molar-refractivity contribution in [2.45, 2.75) is 57.8 Å². The molecule has 0 saturated heterocycles. The summed E-state index contributed by atoms with van der Waals surface area (Å²) in [5, 5.41) is 0. The molecule has 3 nitrogen and oxygen atoms in total. The number of carbonyl (C=O) groups is 1. The molecule has 4 heteroatoms. The van der Waals surface area contributed by atoms with E-state index in [1.807, 2.05) is 5.94 Å². The number of carbonyl (C=O) groups excluding carboxylic acids is 2. The Balaban J connectivity index is 3.86. The van der Waals surface area contributed by atoms with Crippen molar-refractivity contribution >= 4 is 20.5 Å². The first-order chi connectivity index (χ1) is 7.49. The summed E-state index contributed by atoms with van der Waals surface area (Å²) >= 11 is 0. The maximum absolute atomic E-state index is 10.3. The second kappa shape index (κ2) is 8.45. The predicted molar refractivity (Wildman–Crippen MR) is 67.6 cm³/mol. The molecule has 0 aliphatic rings. The molecule has 0 aromatic carbocycles. The fraction of sp³-hybridized carbons (Fsp3) is 0.750. The summed E-state index contributed by atoms with van der Waals surface area (Å²) in [6.45, 7) is 6.31. The van der Waals surface area contributed by atoms with Crippen molar-refractivity contribution in [3.8, 4) is 0 Å². The highest BCUT2D eigenvalue weighted by molar-refractivity contribution is 6.69. The Morgan fingerprint density at radius 2 is 1.94 bits per heavy atom. The van der Waals surface area contributed by atoms with E-state index in [1.165, 1.54) is 6.08 Å². The van der Waals surface area contributed by atoms with Gasteiger partial charge in [0.15, 0.2) is 8.32 Å². The van der Waals surface area contributed by atoms with Crippen LogP contribution in [0.1, 0.15) is 32.1 Å².